The lowest BCUT2D eigenvalue weighted by Gasteiger charge is -1.92. The number of hydrogen-bond donors (Lipinski definition) is 2. The van der Waals surface area contributed by atoms with Crippen molar-refractivity contribution in [1.82, 2.24) is 12.3 Å². The molecule has 0 saturated carbocycles. The minimum atomic E-state index is -0.961. The van der Waals surface area contributed by atoms with Gasteiger partial charge >= 0.3 is 0 Å². The quantitative estimate of drug-likeness (QED) is 0.583. The molecule has 0 bridgehead atoms. The van der Waals surface area contributed by atoms with Gasteiger partial charge in [-0.15, -0.1) is 6.61 Å². The van der Waals surface area contributed by atoms with Gasteiger partial charge in [0.15, 0.2) is 0 Å². The van der Waals surface area contributed by atoms with E-state index in [1.807, 2.05) is 0 Å². The van der Waals surface area contributed by atoms with Crippen LogP contribution in [0.4, 0.5) is 0 Å². The van der Waals surface area contributed by atoms with Crippen LogP contribution >= 0.6 is 0 Å². The third kappa shape index (κ3) is 91.5. The Kier molecular flexibility index (Phi) is 46.5. The fourth-order valence-corrected chi connectivity index (χ4v) is 0.204. The predicted octanol–water partition coefficient (Wildman–Crippen LogP) is -0.345. The van der Waals surface area contributed by atoms with E-state index in [0.717, 1.165) is 0 Å². The van der Waals surface area contributed by atoms with Gasteiger partial charge in [0, 0.05) is 5.97 Å². The van der Waals surface area contributed by atoms with Crippen LogP contribution in [-0.4, -0.2) is 12.6 Å². The van der Waals surface area contributed by atoms with Crippen molar-refractivity contribution in [2.24, 2.45) is 0 Å². The average Bonchev–Trinajstić information content (AvgIpc) is 1.67. The van der Waals surface area contributed by atoms with E-state index in [-0.39, 0.29) is 25.3 Å². The molecule has 0 aromatic rings. The number of carboxylic acids is 1. The summed E-state index contributed by atoms with van der Waals surface area (Å²) in [4.78, 5) is 9.49. The van der Waals surface area contributed by atoms with E-state index in [1.165, 1.54) is 0 Å². The van der Waals surface area contributed by atoms with Gasteiger partial charge in [0.2, 0.25) is 0 Å². The summed E-state index contributed by atoms with van der Waals surface area (Å²) in [6.45, 7) is 3.37. The van der Waals surface area contributed by atoms with E-state index in [4.69, 9.17) is 5.11 Å². The average molecular weight is 168 g/mol. The van der Waals surface area contributed by atoms with Crippen LogP contribution in [0.3, 0.4) is 0 Å². The molecule has 0 fully saturated rings. The predicted molar refractivity (Wildman–Crippen MR) is 42.4 cm³/mol. The highest BCUT2D eigenvalue weighted by Crippen LogP contribution is 1.79. The van der Waals surface area contributed by atoms with Crippen LogP contribution in [0, 0.1) is 0 Å². The molecule has 0 unspecified atom stereocenters. The van der Waals surface area contributed by atoms with Gasteiger partial charge in [0.25, 0.3) is 0 Å². The van der Waals surface area contributed by atoms with Gasteiger partial charge < -0.3 is 27.3 Å². The zero-order valence-corrected chi connectivity index (χ0v) is 7.85. The van der Waals surface area contributed by atoms with Gasteiger partial charge in [0.05, 0.1) is 0 Å². The van der Waals surface area contributed by atoms with Gasteiger partial charge in [-0.1, -0.05) is 20.3 Å². The van der Waals surface area contributed by atoms with E-state index in [2.05, 4.69) is 0 Å². The van der Waals surface area contributed by atoms with E-state index >= 15 is 0 Å². The van der Waals surface area contributed by atoms with E-state index in [0.29, 0.717) is 6.42 Å². The second-order valence-electron chi connectivity index (χ2n) is 1.41. The number of carboxylic acid groups (broad SMARTS) is 1. The Bertz CT molecular complexity index is 68.8. The summed E-state index contributed by atoms with van der Waals surface area (Å²) in [5.41, 5.74) is 0. The van der Waals surface area contributed by atoms with Crippen molar-refractivity contribution in [2.75, 3.05) is 6.61 Å². The lowest BCUT2D eigenvalue weighted by molar-refractivity contribution is -0.361. The molecule has 0 rings (SSSR count). The molecule has 0 heterocycles. The van der Waals surface area contributed by atoms with Crippen molar-refractivity contribution < 1.29 is 15.0 Å². The minimum absolute atomic E-state index is 0. The highest BCUT2D eigenvalue weighted by Gasteiger charge is 1.75. The Labute approximate surface area is 67.6 Å². The van der Waals surface area contributed by atoms with Crippen LogP contribution in [0.5, 0.6) is 0 Å². The normalized spacial score (nSPS) is 6.09. The molecule has 5 nitrogen and oxygen atoms in total. The Hall–Kier alpha value is -0.650. The van der Waals surface area contributed by atoms with Crippen molar-refractivity contribution in [3.05, 3.63) is 0 Å². The first-order valence-corrected chi connectivity index (χ1v) is 2.96. The van der Waals surface area contributed by atoms with Crippen LogP contribution in [0.1, 0.15) is 26.7 Å². The molecule has 11 heavy (non-hydrogen) atoms. The maximum absolute atomic E-state index is 9.49. The van der Waals surface area contributed by atoms with Crippen LogP contribution in [0.15, 0.2) is 0 Å². The van der Waals surface area contributed by atoms with Crippen molar-refractivity contribution in [1.29, 1.82) is 0 Å². The monoisotopic (exact) mass is 168 g/mol. The molecule has 0 aliphatic heterocycles. The summed E-state index contributed by atoms with van der Waals surface area (Å²) < 4.78 is 0. The summed E-state index contributed by atoms with van der Waals surface area (Å²) in [6.07, 6.45) is 0.850. The van der Waals surface area contributed by atoms with Crippen molar-refractivity contribution in [3.63, 3.8) is 0 Å². The second-order valence-corrected chi connectivity index (χ2v) is 1.41. The van der Waals surface area contributed by atoms with Gasteiger partial charge in [-0.25, -0.2) is 0 Å². The van der Waals surface area contributed by atoms with Crippen molar-refractivity contribution in [3.8, 4) is 0 Å². The largest absolute Gasteiger partial charge is 0.855 e. The molecular formula is C6H20N2O3. The fraction of sp³-hybridized carbons (Fsp3) is 0.833. The summed E-state index contributed by atoms with van der Waals surface area (Å²) in [6, 6.07) is 0. The fourth-order valence-electron chi connectivity index (χ4n) is 0.204. The first kappa shape index (κ1) is 22.4. The van der Waals surface area contributed by atoms with E-state index in [1.54, 1.807) is 13.8 Å². The van der Waals surface area contributed by atoms with E-state index in [9.17, 15) is 9.90 Å². The molecule has 0 atom stereocenters. The number of carbonyl (C=O) groups is 1. The lowest BCUT2D eigenvalue weighted by Crippen LogP contribution is -2.20. The maximum Gasteiger partial charge on any atom is 0.0414 e. The zero-order valence-electron chi connectivity index (χ0n) is 7.85. The molecule has 0 aromatic carbocycles. The molecule has 5 heteroatoms. The Morgan fingerprint density at radius 2 is 1.55 bits per heavy atom. The molecule has 0 amide bonds. The summed E-state index contributed by atoms with van der Waals surface area (Å²) in [5.74, 6) is -0.961. The smallest absolute Gasteiger partial charge is 0.0414 e. The highest BCUT2D eigenvalue weighted by molar-refractivity contribution is 5.63. The third-order valence-corrected chi connectivity index (χ3v) is 0.454. The van der Waals surface area contributed by atoms with Crippen LogP contribution in [0.25, 0.3) is 0 Å². The van der Waals surface area contributed by atoms with Crippen LogP contribution < -0.4 is 22.5 Å². The van der Waals surface area contributed by atoms with Gasteiger partial charge in [-0.2, -0.15) is 0 Å². The molecule has 72 valence electrons. The Balaban J connectivity index is -0.0000000437. The number of quaternary nitrogens is 2. The van der Waals surface area contributed by atoms with Crippen molar-refractivity contribution >= 4 is 5.97 Å². The lowest BCUT2D eigenvalue weighted by atomic mass is 10.4. The number of hydrogen-bond acceptors (Lipinski definition) is 3. The molecule has 0 aliphatic carbocycles. The first-order valence-electron chi connectivity index (χ1n) is 2.96. The maximum atomic E-state index is 9.49. The molecular weight excluding hydrogens is 148 g/mol. The highest BCUT2D eigenvalue weighted by atomic mass is 16.4. The van der Waals surface area contributed by atoms with Crippen molar-refractivity contribution in [2.45, 2.75) is 26.7 Å². The van der Waals surface area contributed by atoms with Gasteiger partial charge in [0.1, 0.15) is 0 Å². The Morgan fingerprint density at radius 1 is 1.27 bits per heavy atom. The molecule has 0 radical (unpaired) electrons. The molecule has 0 saturated heterocycles. The van der Waals surface area contributed by atoms with Gasteiger partial charge in [-0.3, -0.25) is 0 Å². The second kappa shape index (κ2) is 22.8. The summed E-state index contributed by atoms with van der Waals surface area (Å²) in [5, 5.41) is 18.4. The zero-order chi connectivity index (χ0) is 7.70. The van der Waals surface area contributed by atoms with Crippen LogP contribution in [-0.2, 0) is 4.79 Å². The molecule has 0 aliphatic rings. The number of carbonyl (C=O) groups excluding carboxylic acids is 1. The number of aliphatic carboxylic acids is 1. The SMILES string of the molecule is CCCC(=O)[O-].CC[O-].[NH4+].[NH4+]. The topological polar surface area (TPSA) is 136 Å². The summed E-state index contributed by atoms with van der Waals surface area (Å²) in [7, 11) is 0. The third-order valence-electron chi connectivity index (χ3n) is 0.454. The Morgan fingerprint density at radius 3 is 1.55 bits per heavy atom. The number of rotatable bonds is 2. The van der Waals surface area contributed by atoms with Crippen LogP contribution in [0.2, 0.25) is 0 Å². The van der Waals surface area contributed by atoms with E-state index < -0.39 is 5.97 Å². The molecule has 0 aromatic heterocycles. The minimum Gasteiger partial charge on any atom is -0.855 e. The summed E-state index contributed by atoms with van der Waals surface area (Å²) >= 11 is 0. The molecule has 0 spiro atoms. The van der Waals surface area contributed by atoms with Gasteiger partial charge in [-0.05, 0) is 6.42 Å². The standard InChI is InChI=1S/C4H8O2.C2H5O.2H3N/c1-2-3-4(5)6;1-2-3;;/h2-3H2,1H3,(H,5,6);2H2,1H3;2*1H3/q;-1;;/p+1. The molecule has 8 N–H and O–H groups in total. The first-order chi connectivity index (χ1) is 4.18.